The third-order valence-electron chi connectivity index (χ3n) is 6.19. The molecule has 1 aromatic rings. The lowest BCUT2D eigenvalue weighted by Gasteiger charge is -2.34. The number of nitrogens with zero attached hydrogens (tertiary/aromatic N) is 3. The summed E-state index contributed by atoms with van der Waals surface area (Å²) < 4.78 is 19.1. The lowest BCUT2D eigenvalue weighted by molar-refractivity contribution is -0.125. The molecule has 3 aliphatic rings. The van der Waals surface area contributed by atoms with Gasteiger partial charge in [-0.05, 0) is 80.9 Å². The van der Waals surface area contributed by atoms with Gasteiger partial charge < -0.3 is 14.5 Å². The van der Waals surface area contributed by atoms with Gasteiger partial charge in [0.25, 0.3) is 5.91 Å². The van der Waals surface area contributed by atoms with Crippen LogP contribution in [0.1, 0.15) is 51.5 Å². The Kier molecular flexibility index (Phi) is 6.30. The van der Waals surface area contributed by atoms with E-state index in [1.165, 1.54) is 12.1 Å². The Labute approximate surface area is 193 Å². The zero-order chi connectivity index (χ0) is 23.0. The number of halogens is 2. The molecule has 3 aliphatic heterocycles. The van der Waals surface area contributed by atoms with Crippen LogP contribution in [0, 0.1) is 5.82 Å². The van der Waals surface area contributed by atoms with Gasteiger partial charge in [0.1, 0.15) is 17.1 Å². The summed E-state index contributed by atoms with van der Waals surface area (Å²) in [6, 6.07) is 4.46. The molecule has 0 radical (unpaired) electrons. The fraction of sp³-hybridized carbons (Fsp3) is 0.542. The van der Waals surface area contributed by atoms with Crippen molar-refractivity contribution in [2.24, 2.45) is 4.99 Å². The second-order valence-electron chi connectivity index (χ2n) is 9.63. The van der Waals surface area contributed by atoms with Crippen LogP contribution in [0.25, 0.3) is 0 Å². The first kappa shape index (κ1) is 22.8. The number of hydrogen-bond donors (Lipinski definition) is 0. The summed E-state index contributed by atoms with van der Waals surface area (Å²) in [6.07, 6.45) is 1.75. The van der Waals surface area contributed by atoms with E-state index in [-0.39, 0.29) is 23.7 Å². The second kappa shape index (κ2) is 8.85. The molecule has 0 saturated carbocycles. The zero-order valence-electron chi connectivity index (χ0n) is 18.8. The van der Waals surface area contributed by atoms with Crippen LogP contribution in [0.15, 0.2) is 34.3 Å². The molecule has 32 heavy (non-hydrogen) atoms. The molecule has 6 nitrogen and oxygen atoms in total. The van der Waals surface area contributed by atoms with Crippen LogP contribution in [0.3, 0.4) is 0 Å². The van der Waals surface area contributed by atoms with Crippen molar-refractivity contribution in [3.05, 3.63) is 45.7 Å². The molecule has 1 fully saturated rings. The van der Waals surface area contributed by atoms with Crippen molar-refractivity contribution < 1.29 is 18.7 Å². The molecule has 0 aliphatic carbocycles. The Morgan fingerprint density at radius 3 is 2.56 bits per heavy atom. The van der Waals surface area contributed by atoms with E-state index in [0.717, 1.165) is 29.6 Å². The van der Waals surface area contributed by atoms with Gasteiger partial charge in [-0.3, -0.25) is 9.79 Å². The summed E-state index contributed by atoms with van der Waals surface area (Å²) in [4.78, 5) is 33.6. The largest absolute Gasteiger partial charge is 0.444 e. The molecular formula is C24H29ClFN3O3. The number of ether oxygens (including phenoxy) is 1. The van der Waals surface area contributed by atoms with Crippen LogP contribution in [0.5, 0.6) is 0 Å². The number of amides is 2. The maximum Gasteiger partial charge on any atom is 0.410 e. The number of hydrogen-bond acceptors (Lipinski definition) is 4. The Morgan fingerprint density at radius 2 is 1.88 bits per heavy atom. The van der Waals surface area contributed by atoms with Crippen LogP contribution in [0.4, 0.5) is 9.18 Å². The third kappa shape index (κ3) is 4.82. The Balaban J connectivity index is 1.37. The van der Waals surface area contributed by atoms with E-state index in [2.05, 4.69) is 4.99 Å². The topological polar surface area (TPSA) is 62.2 Å². The Bertz CT molecular complexity index is 991. The average molecular weight is 462 g/mol. The van der Waals surface area contributed by atoms with Gasteiger partial charge in [0, 0.05) is 31.2 Å². The van der Waals surface area contributed by atoms with Crippen molar-refractivity contribution in [2.45, 2.75) is 51.6 Å². The number of likely N-dealkylation sites (tertiary alicyclic amines) is 1. The van der Waals surface area contributed by atoms with Crippen LogP contribution >= 0.6 is 11.6 Å². The first-order chi connectivity index (χ1) is 15.1. The maximum atomic E-state index is 13.7. The lowest BCUT2D eigenvalue weighted by atomic mass is 9.89. The fourth-order valence-electron chi connectivity index (χ4n) is 4.58. The highest BCUT2D eigenvalue weighted by Gasteiger charge is 2.35. The molecule has 172 valence electrons. The Hall–Kier alpha value is -2.41. The molecule has 0 spiro atoms. The minimum Gasteiger partial charge on any atom is -0.444 e. The fourth-order valence-corrected chi connectivity index (χ4v) is 4.85. The molecule has 1 aromatic carbocycles. The summed E-state index contributed by atoms with van der Waals surface area (Å²) in [6.45, 7) is 8.13. The minimum atomic E-state index is -0.541. The maximum absolute atomic E-state index is 13.7. The van der Waals surface area contributed by atoms with Gasteiger partial charge in [-0.1, -0.05) is 11.6 Å². The highest BCUT2D eigenvalue weighted by molar-refractivity contribution is 6.46. The molecule has 0 bridgehead atoms. The molecule has 4 rings (SSSR count). The average Bonchev–Trinajstić information content (AvgIpc) is 3.17. The summed E-state index contributed by atoms with van der Waals surface area (Å²) in [5.74, 6) is -0.204. The van der Waals surface area contributed by atoms with Crippen LogP contribution in [-0.4, -0.2) is 65.8 Å². The molecule has 0 unspecified atom stereocenters. The second-order valence-corrected chi connectivity index (χ2v) is 10.0. The monoisotopic (exact) mass is 461 g/mol. The van der Waals surface area contributed by atoms with Crippen molar-refractivity contribution in [2.75, 3.05) is 32.7 Å². The number of benzene rings is 1. The summed E-state index contributed by atoms with van der Waals surface area (Å²) in [5, 5.41) is 0.572. The molecular weight excluding hydrogens is 433 g/mol. The van der Waals surface area contributed by atoms with Gasteiger partial charge in [-0.25, -0.2) is 9.18 Å². The van der Waals surface area contributed by atoms with Gasteiger partial charge in [-0.15, -0.1) is 0 Å². The SMILES string of the molecule is CC(C)(C)OC(=O)N1CCC2=C(CN=C2C(=O)N2CCC(c3cc(F)ccc3Cl)CC2)C1. The van der Waals surface area contributed by atoms with Gasteiger partial charge in [0.15, 0.2) is 0 Å². The normalized spacial score (nSPS) is 19.7. The predicted octanol–water partition coefficient (Wildman–Crippen LogP) is 4.58. The molecule has 2 amide bonds. The Morgan fingerprint density at radius 1 is 1.16 bits per heavy atom. The molecule has 0 aromatic heterocycles. The van der Waals surface area contributed by atoms with E-state index >= 15 is 0 Å². The number of carbonyl (C=O) groups excluding carboxylic acids is 2. The first-order valence-electron chi connectivity index (χ1n) is 11.1. The van der Waals surface area contributed by atoms with Crippen LogP contribution < -0.4 is 0 Å². The quantitative estimate of drug-likeness (QED) is 0.647. The third-order valence-corrected chi connectivity index (χ3v) is 6.53. The van der Waals surface area contributed by atoms with Crippen molar-refractivity contribution in [3.8, 4) is 0 Å². The van der Waals surface area contributed by atoms with E-state index in [4.69, 9.17) is 16.3 Å². The first-order valence-corrected chi connectivity index (χ1v) is 11.5. The summed E-state index contributed by atoms with van der Waals surface area (Å²) >= 11 is 6.27. The van der Waals surface area contributed by atoms with Gasteiger partial charge in [0.05, 0.1) is 6.54 Å². The molecule has 3 heterocycles. The van der Waals surface area contributed by atoms with E-state index in [1.807, 2.05) is 25.7 Å². The van der Waals surface area contributed by atoms with Gasteiger partial charge in [-0.2, -0.15) is 0 Å². The van der Waals surface area contributed by atoms with E-state index in [0.29, 0.717) is 49.9 Å². The van der Waals surface area contributed by atoms with Crippen LogP contribution in [-0.2, 0) is 9.53 Å². The van der Waals surface area contributed by atoms with E-state index < -0.39 is 5.60 Å². The number of carbonyl (C=O) groups is 2. The van der Waals surface area contributed by atoms with Crippen molar-refractivity contribution >= 4 is 29.3 Å². The van der Waals surface area contributed by atoms with E-state index in [1.54, 1.807) is 11.0 Å². The number of rotatable bonds is 2. The molecule has 0 atom stereocenters. The highest BCUT2D eigenvalue weighted by Crippen LogP contribution is 2.34. The summed E-state index contributed by atoms with van der Waals surface area (Å²) in [7, 11) is 0. The lowest BCUT2D eigenvalue weighted by Crippen LogP contribution is -2.44. The smallest absolute Gasteiger partial charge is 0.410 e. The summed E-state index contributed by atoms with van der Waals surface area (Å²) in [5.41, 5.74) is 2.81. The molecule has 0 N–H and O–H groups in total. The van der Waals surface area contributed by atoms with Crippen molar-refractivity contribution in [1.82, 2.24) is 9.80 Å². The predicted molar refractivity (Wildman–Crippen MR) is 122 cm³/mol. The van der Waals surface area contributed by atoms with Crippen molar-refractivity contribution in [3.63, 3.8) is 0 Å². The minimum absolute atomic E-state index is 0.0514. The zero-order valence-corrected chi connectivity index (χ0v) is 19.5. The highest BCUT2D eigenvalue weighted by atomic mass is 35.5. The van der Waals surface area contributed by atoms with Gasteiger partial charge in [0.2, 0.25) is 0 Å². The standard InChI is InChI=1S/C24H29ClFN3O3/c1-24(2,3)32-23(31)29-11-8-18-16(14-29)13-27-21(18)22(30)28-9-6-15(7-10-28)19-12-17(26)4-5-20(19)25/h4-5,12,15H,6-11,13-14H2,1-3H3. The number of piperidine rings is 1. The van der Waals surface area contributed by atoms with Crippen LogP contribution in [0.2, 0.25) is 5.02 Å². The molecule has 8 heteroatoms. The van der Waals surface area contributed by atoms with E-state index in [9.17, 15) is 14.0 Å². The number of aliphatic imine (C=N–C) groups is 1. The van der Waals surface area contributed by atoms with Crippen molar-refractivity contribution in [1.29, 1.82) is 0 Å². The molecule has 1 saturated heterocycles. The van der Waals surface area contributed by atoms with Gasteiger partial charge >= 0.3 is 6.09 Å².